The van der Waals surface area contributed by atoms with E-state index in [1.165, 1.54) is 5.56 Å². The first kappa shape index (κ1) is 14.7. The van der Waals surface area contributed by atoms with Gasteiger partial charge in [-0.15, -0.1) is 0 Å². The molecule has 0 atom stereocenters. The maximum absolute atomic E-state index is 4.75. The zero-order valence-electron chi connectivity index (χ0n) is 13.8. The zero-order chi connectivity index (χ0) is 15.9. The Morgan fingerprint density at radius 3 is 2.55 bits per heavy atom. The van der Waals surface area contributed by atoms with Crippen LogP contribution < -0.4 is 9.80 Å². The van der Waals surface area contributed by atoms with E-state index in [-0.39, 0.29) is 5.41 Å². The average molecular weight is 298 g/mol. The van der Waals surface area contributed by atoms with Crippen molar-refractivity contribution >= 4 is 11.6 Å². The highest BCUT2D eigenvalue weighted by atomic mass is 15.2. The molecule has 6 nitrogen and oxygen atoms in total. The van der Waals surface area contributed by atoms with Crippen molar-refractivity contribution in [2.45, 2.75) is 39.3 Å². The summed E-state index contributed by atoms with van der Waals surface area (Å²) in [4.78, 5) is 22.1. The van der Waals surface area contributed by atoms with Crippen LogP contribution in [-0.4, -0.2) is 34.0 Å². The quantitative estimate of drug-likeness (QED) is 0.846. The van der Waals surface area contributed by atoms with Crippen LogP contribution >= 0.6 is 0 Å². The third-order valence-corrected chi connectivity index (χ3v) is 3.75. The summed E-state index contributed by atoms with van der Waals surface area (Å²) in [5, 5.41) is 0. The highest BCUT2D eigenvalue weighted by Gasteiger charge is 2.25. The molecule has 1 aliphatic rings. The van der Waals surface area contributed by atoms with Gasteiger partial charge in [-0.1, -0.05) is 20.8 Å². The highest BCUT2D eigenvalue weighted by Crippen LogP contribution is 2.28. The molecule has 3 rings (SSSR count). The summed E-state index contributed by atoms with van der Waals surface area (Å²) in [7, 11) is 3.96. The smallest absolute Gasteiger partial charge is 0.134 e. The van der Waals surface area contributed by atoms with E-state index in [0.29, 0.717) is 0 Å². The molecule has 6 heteroatoms. The molecule has 0 amide bonds. The predicted molar refractivity (Wildman–Crippen MR) is 87.0 cm³/mol. The summed E-state index contributed by atoms with van der Waals surface area (Å²) in [6.45, 7) is 7.97. The number of fused-ring (bicyclic) bond motifs is 1. The average Bonchev–Trinajstić information content (AvgIpc) is 2.89. The number of rotatable bonds is 2. The van der Waals surface area contributed by atoms with Gasteiger partial charge in [0.2, 0.25) is 0 Å². The molecule has 116 valence electrons. The lowest BCUT2D eigenvalue weighted by Crippen LogP contribution is -2.18. The second-order valence-electron chi connectivity index (χ2n) is 6.90. The van der Waals surface area contributed by atoms with Crippen molar-refractivity contribution in [1.82, 2.24) is 19.9 Å². The van der Waals surface area contributed by atoms with Gasteiger partial charge in [-0.2, -0.15) is 0 Å². The Labute approximate surface area is 131 Å². The van der Waals surface area contributed by atoms with Crippen molar-refractivity contribution in [3.63, 3.8) is 0 Å². The molecule has 0 radical (unpaired) electrons. The molecule has 0 N–H and O–H groups in total. The largest absolute Gasteiger partial charge is 0.363 e. The van der Waals surface area contributed by atoms with E-state index < -0.39 is 0 Å². The summed E-state index contributed by atoms with van der Waals surface area (Å²) >= 11 is 0. The maximum atomic E-state index is 4.75. The van der Waals surface area contributed by atoms with Crippen molar-refractivity contribution in [3.8, 4) is 0 Å². The Hall–Kier alpha value is -2.24. The third-order valence-electron chi connectivity index (χ3n) is 3.75. The van der Waals surface area contributed by atoms with Gasteiger partial charge in [0.25, 0.3) is 0 Å². The Morgan fingerprint density at radius 1 is 1.09 bits per heavy atom. The van der Waals surface area contributed by atoms with Crippen molar-refractivity contribution in [3.05, 3.63) is 35.7 Å². The van der Waals surface area contributed by atoms with Crippen LogP contribution in [0.15, 0.2) is 18.6 Å². The Morgan fingerprint density at radius 2 is 1.86 bits per heavy atom. The van der Waals surface area contributed by atoms with Gasteiger partial charge in [0, 0.05) is 43.9 Å². The lowest BCUT2D eigenvalue weighted by Gasteiger charge is -2.18. The van der Waals surface area contributed by atoms with Crippen LogP contribution in [0.3, 0.4) is 0 Å². The molecular weight excluding hydrogens is 276 g/mol. The fraction of sp³-hybridized carbons (Fsp3) is 0.500. The Kier molecular flexibility index (Phi) is 3.47. The third kappa shape index (κ3) is 2.73. The molecular formula is C16H22N6. The van der Waals surface area contributed by atoms with E-state index in [4.69, 9.17) is 4.98 Å². The molecule has 3 heterocycles. The number of anilines is 2. The SMILES string of the molecule is CN(C)c1cc(N2Cc3cnc(C(C)(C)C)nc3C2)ncn1. The van der Waals surface area contributed by atoms with Gasteiger partial charge in [0.05, 0.1) is 12.2 Å². The van der Waals surface area contributed by atoms with Crippen LogP contribution in [0.25, 0.3) is 0 Å². The van der Waals surface area contributed by atoms with Crippen molar-refractivity contribution in [2.24, 2.45) is 0 Å². The maximum Gasteiger partial charge on any atom is 0.134 e. The zero-order valence-corrected chi connectivity index (χ0v) is 13.8. The minimum atomic E-state index is -0.0323. The van der Waals surface area contributed by atoms with E-state index in [1.807, 2.05) is 31.3 Å². The molecule has 0 bridgehead atoms. The van der Waals surface area contributed by atoms with Crippen LogP contribution in [0.2, 0.25) is 0 Å². The number of aromatic nitrogens is 4. The van der Waals surface area contributed by atoms with Gasteiger partial charge in [0.1, 0.15) is 23.8 Å². The first-order chi connectivity index (χ1) is 10.3. The number of nitrogens with zero attached hydrogens (tertiary/aromatic N) is 6. The van der Waals surface area contributed by atoms with Gasteiger partial charge < -0.3 is 9.80 Å². The summed E-state index contributed by atoms with van der Waals surface area (Å²) in [5.41, 5.74) is 2.25. The Bertz CT molecular complexity index is 689. The van der Waals surface area contributed by atoms with Gasteiger partial charge in [-0.05, 0) is 0 Å². The van der Waals surface area contributed by atoms with E-state index in [1.54, 1.807) is 6.33 Å². The van der Waals surface area contributed by atoms with E-state index in [2.05, 4.69) is 40.6 Å². The molecule has 0 aromatic carbocycles. The molecule has 0 aliphatic carbocycles. The van der Waals surface area contributed by atoms with E-state index in [9.17, 15) is 0 Å². The van der Waals surface area contributed by atoms with Crippen molar-refractivity contribution in [1.29, 1.82) is 0 Å². The summed E-state index contributed by atoms with van der Waals surface area (Å²) in [5.74, 6) is 2.72. The highest BCUT2D eigenvalue weighted by molar-refractivity contribution is 5.51. The first-order valence-electron chi connectivity index (χ1n) is 7.44. The van der Waals surface area contributed by atoms with Crippen molar-refractivity contribution in [2.75, 3.05) is 23.9 Å². The topological polar surface area (TPSA) is 58.0 Å². The number of hydrogen-bond acceptors (Lipinski definition) is 6. The van der Waals surface area contributed by atoms with Gasteiger partial charge in [-0.25, -0.2) is 19.9 Å². The van der Waals surface area contributed by atoms with Crippen molar-refractivity contribution < 1.29 is 0 Å². The van der Waals surface area contributed by atoms with Gasteiger partial charge in [0.15, 0.2) is 0 Å². The lowest BCUT2D eigenvalue weighted by molar-refractivity contribution is 0.541. The molecule has 1 aliphatic heterocycles. The fourth-order valence-corrected chi connectivity index (χ4v) is 2.43. The predicted octanol–water partition coefficient (Wildman–Crippen LogP) is 2.15. The van der Waals surface area contributed by atoms with Crippen LogP contribution in [-0.2, 0) is 18.5 Å². The van der Waals surface area contributed by atoms with Crippen LogP contribution in [0, 0.1) is 0 Å². The molecule has 0 saturated heterocycles. The normalized spacial score (nSPS) is 14.1. The molecule has 0 saturated carbocycles. The lowest BCUT2D eigenvalue weighted by atomic mass is 9.95. The summed E-state index contributed by atoms with van der Waals surface area (Å²) < 4.78 is 0. The second kappa shape index (κ2) is 5.19. The fourth-order valence-electron chi connectivity index (χ4n) is 2.43. The van der Waals surface area contributed by atoms with Gasteiger partial charge >= 0.3 is 0 Å². The molecule has 0 spiro atoms. The van der Waals surface area contributed by atoms with Crippen LogP contribution in [0.1, 0.15) is 37.9 Å². The molecule has 0 fully saturated rings. The molecule has 22 heavy (non-hydrogen) atoms. The standard InChI is InChI=1S/C16H22N6/c1-16(2,3)15-17-7-11-8-22(9-12(11)20-15)14-6-13(21(4)5)18-10-19-14/h6-7,10H,8-9H2,1-5H3. The minimum Gasteiger partial charge on any atom is -0.363 e. The van der Waals surface area contributed by atoms with E-state index in [0.717, 1.165) is 36.2 Å². The Balaban J connectivity index is 1.87. The molecule has 2 aromatic rings. The molecule has 0 unspecified atom stereocenters. The minimum absolute atomic E-state index is 0.0323. The van der Waals surface area contributed by atoms with Gasteiger partial charge in [-0.3, -0.25) is 0 Å². The van der Waals surface area contributed by atoms with E-state index >= 15 is 0 Å². The van der Waals surface area contributed by atoms with Crippen LogP contribution in [0.4, 0.5) is 11.6 Å². The molecule has 2 aromatic heterocycles. The second-order valence-corrected chi connectivity index (χ2v) is 6.90. The summed E-state index contributed by atoms with van der Waals surface area (Å²) in [6.07, 6.45) is 3.57. The van der Waals surface area contributed by atoms with Crippen LogP contribution in [0.5, 0.6) is 0 Å². The summed E-state index contributed by atoms with van der Waals surface area (Å²) in [6, 6.07) is 2.00. The first-order valence-corrected chi connectivity index (χ1v) is 7.44. The monoisotopic (exact) mass is 298 g/mol. The number of hydrogen-bond donors (Lipinski definition) is 0.